The molecule has 1 aromatic carbocycles. The molecule has 0 bridgehead atoms. The lowest BCUT2D eigenvalue weighted by atomic mass is 10.1. The predicted molar refractivity (Wildman–Crippen MR) is 85.3 cm³/mol. The molecule has 1 N–H and O–H groups in total. The molecule has 1 saturated carbocycles. The number of hydrogen-bond donors (Lipinski definition) is 1. The van der Waals surface area contributed by atoms with Crippen LogP contribution in [0.4, 0.5) is 18.9 Å². The first-order chi connectivity index (χ1) is 10.4. The van der Waals surface area contributed by atoms with E-state index in [2.05, 4.69) is 5.32 Å². The minimum absolute atomic E-state index is 0.283. The average molecular weight is 346 g/mol. The summed E-state index contributed by atoms with van der Waals surface area (Å²) < 4.78 is 37.7. The lowest BCUT2D eigenvalue weighted by Gasteiger charge is -2.09. The topological polar surface area (TPSA) is 29.1 Å². The Bertz CT molecular complexity index is 664. The average Bonchev–Trinajstić information content (AvgIpc) is 2.93. The van der Waals surface area contributed by atoms with Gasteiger partial charge in [0.25, 0.3) is 0 Å². The lowest BCUT2D eigenvalue weighted by Crippen LogP contribution is -2.17. The number of nitrogens with one attached hydrogen (secondary N) is 1. The Kier molecular flexibility index (Phi) is 4.55. The molecule has 1 aliphatic rings. The van der Waals surface area contributed by atoms with Crippen molar-refractivity contribution >= 4 is 23.2 Å². The Morgan fingerprint density at radius 2 is 1.91 bits per heavy atom. The summed E-state index contributed by atoms with van der Waals surface area (Å²) in [6.45, 7) is 7.35. The number of allylic oxidation sites excluding steroid dienone is 2. The Morgan fingerprint density at radius 3 is 2.43 bits per heavy atom. The zero-order chi connectivity index (χ0) is 17.6. The Balaban J connectivity index is 2.14. The maximum atomic E-state index is 12.6. The maximum absolute atomic E-state index is 12.6. The van der Waals surface area contributed by atoms with Crippen molar-refractivity contribution in [2.24, 2.45) is 17.3 Å². The number of hydrogen-bond acceptors (Lipinski definition) is 1. The van der Waals surface area contributed by atoms with Crippen molar-refractivity contribution in [3.63, 3.8) is 0 Å². The summed E-state index contributed by atoms with van der Waals surface area (Å²) >= 11 is 5.30. The first-order valence-corrected chi connectivity index (χ1v) is 7.65. The summed E-state index contributed by atoms with van der Waals surface area (Å²) in [4.78, 5) is 12.4. The van der Waals surface area contributed by atoms with Crippen molar-refractivity contribution in [3.8, 4) is 0 Å². The van der Waals surface area contributed by atoms with Crippen LogP contribution in [0, 0.1) is 31.1 Å². The van der Waals surface area contributed by atoms with E-state index in [0.717, 1.165) is 17.2 Å². The number of benzene rings is 1. The van der Waals surface area contributed by atoms with Crippen LogP contribution in [0.1, 0.15) is 25.0 Å². The molecule has 0 aliphatic heterocycles. The monoisotopic (exact) mass is 345 g/mol. The molecule has 1 aliphatic carbocycles. The molecule has 0 aromatic heterocycles. The van der Waals surface area contributed by atoms with Crippen LogP contribution in [-0.2, 0) is 4.79 Å². The molecular weight excluding hydrogens is 327 g/mol. The van der Waals surface area contributed by atoms with Crippen molar-refractivity contribution in [2.45, 2.75) is 33.9 Å². The fourth-order valence-electron chi connectivity index (χ4n) is 2.91. The molecule has 2 rings (SSSR count). The molecule has 1 amide bonds. The fraction of sp³-hybridized carbons (Fsp3) is 0.471. The molecule has 0 saturated heterocycles. The molecule has 6 heteroatoms. The lowest BCUT2D eigenvalue weighted by molar-refractivity contribution is -0.118. The van der Waals surface area contributed by atoms with Crippen LogP contribution in [0.25, 0.3) is 0 Å². The highest BCUT2D eigenvalue weighted by atomic mass is 35.5. The van der Waals surface area contributed by atoms with Crippen LogP contribution in [0.5, 0.6) is 0 Å². The van der Waals surface area contributed by atoms with E-state index in [-0.39, 0.29) is 5.91 Å². The summed E-state index contributed by atoms with van der Waals surface area (Å²) in [6.07, 6.45) is -3.62. The van der Waals surface area contributed by atoms with E-state index < -0.39 is 28.5 Å². The van der Waals surface area contributed by atoms with Crippen molar-refractivity contribution in [3.05, 3.63) is 40.4 Å². The second kappa shape index (κ2) is 5.86. The summed E-state index contributed by atoms with van der Waals surface area (Å²) in [6, 6.07) is 5.61. The first kappa shape index (κ1) is 17.9. The summed E-state index contributed by atoms with van der Waals surface area (Å²) in [7, 11) is 0. The van der Waals surface area contributed by atoms with Crippen LogP contribution in [-0.4, -0.2) is 12.1 Å². The van der Waals surface area contributed by atoms with Gasteiger partial charge in [0.15, 0.2) is 0 Å². The number of alkyl halides is 3. The van der Waals surface area contributed by atoms with E-state index in [1.165, 1.54) is 0 Å². The van der Waals surface area contributed by atoms with E-state index in [0.29, 0.717) is 5.69 Å². The van der Waals surface area contributed by atoms with Gasteiger partial charge in [-0.3, -0.25) is 4.79 Å². The van der Waals surface area contributed by atoms with Crippen molar-refractivity contribution in [2.75, 3.05) is 5.32 Å². The molecule has 0 radical (unpaired) electrons. The van der Waals surface area contributed by atoms with E-state index in [9.17, 15) is 18.0 Å². The van der Waals surface area contributed by atoms with Gasteiger partial charge in [0.2, 0.25) is 5.91 Å². The van der Waals surface area contributed by atoms with Crippen LogP contribution < -0.4 is 5.32 Å². The van der Waals surface area contributed by atoms with Gasteiger partial charge < -0.3 is 5.32 Å². The number of anilines is 1. The largest absolute Gasteiger partial charge is 0.426 e. The molecule has 2 atom stereocenters. The van der Waals surface area contributed by atoms with Crippen molar-refractivity contribution < 1.29 is 18.0 Å². The predicted octanol–water partition coefficient (Wildman–Crippen LogP) is 5.20. The molecule has 1 aromatic rings. The third-order valence-corrected chi connectivity index (χ3v) is 4.77. The molecule has 2 unspecified atom stereocenters. The third-order valence-electron chi connectivity index (χ3n) is 4.43. The second-order valence-electron chi connectivity index (χ2n) is 6.64. The number of amides is 1. The Labute approximate surface area is 138 Å². The van der Waals surface area contributed by atoms with Gasteiger partial charge in [-0.25, -0.2) is 0 Å². The molecule has 0 heterocycles. The van der Waals surface area contributed by atoms with Crippen LogP contribution in [0.3, 0.4) is 0 Å². The Morgan fingerprint density at radius 1 is 1.30 bits per heavy atom. The standard InChI is InChI=1S/C17H19ClF3NO/c1-9-5-6-12(10(2)7-9)22-15(23)14-11(16(14,3)4)8-13(18)17(19,20)21/h5-8,11,14H,1-4H3,(H,22,23)/b13-8+. The molecule has 2 nitrogen and oxygen atoms in total. The van der Waals surface area contributed by atoms with E-state index in [1.807, 2.05) is 26.0 Å². The van der Waals surface area contributed by atoms with Crippen molar-refractivity contribution in [1.82, 2.24) is 0 Å². The molecular formula is C17H19ClF3NO. The first-order valence-electron chi connectivity index (χ1n) is 7.27. The highest BCUT2D eigenvalue weighted by Gasteiger charge is 2.61. The van der Waals surface area contributed by atoms with Gasteiger partial charge in [0, 0.05) is 5.69 Å². The summed E-state index contributed by atoms with van der Waals surface area (Å²) in [5.41, 5.74) is 2.11. The summed E-state index contributed by atoms with van der Waals surface area (Å²) in [5, 5.41) is 1.64. The fourth-order valence-corrected chi connectivity index (χ4v) is 3.04. The number of halogens is 4. The highest BCUT2D eigenvalue weighted by molar-refractivity contribution is 6.30. The normalized spacial score (nSPS) is 23.6. The van der Waals surface area contributed by atoms with E-state index in [1.54, 1.807) is 19.9 Å². The SMILES string of the molecule is Cc1ccc(NC(=O)C2C(/C=C(/Cl)C(F)(F)F)C2(C)C)c(C)c1. The number of aryl methyl sites for hydroxylation is 2. The number of carbonyl (C=O) groups is 1. The minimum Gasteiger partial charge on any atom is -0.326 e. The number of carbonyl (C=O) groups excluding carboxylic acids is 1. The zero-order valence-electron chi connectivity index (χ0n) is 13.4. The van der Waals surface area contributed by atoms with Gasteiger partial charge >= 0.3 is 6.18 Å². The van der Waals surface area contributed by atoms with Gasteiger partial charge in [0.1, 0.15) is 5.03 Å². The molecule has 0 spiro atoms. The molecule has 1 fully saturated rings. The quantitative estimate of drug-likeness (QED) is 0.801. The van der Waals surface area contributed by atoms with Gasteiger partial charge in [-0.05, 0) is 36.8 Å². The van der Waals surface area contributed by atoms with Crippen LogP contribution in [0.2, 0.25) is 0 Å². The van der Waals surface area contributed by atoms with Gasteiger partial charge in [-0.2, -0.15) is 13.2 Å². The number of rotatable bonds is 3. The maximum Gasteiger partial charge on any atom is 0.426 e. The smallest absolute Gasteiger partial charge is 0.326 e. The van der Waals surface area contributed by atoms with Crippen LogP contribution in [0.15, 0.2) is 29.3 Å². The van der Waals surface area contributed by atoms with Gasteiger partial charge in [0.05, 0.1) is 5.92 Å². The Hall–Kier alpha value is -1.49. The molecule has 126 valence electrons. The van der Waals surface area contributed by atoms with Gasteiger partial charge in [-0.1, -0.05) is 49.2 Å². The van der Waals surface area contributed by atoms with E-state index in [4.69, 9.17) is 11.6 Å². The van der Waals surface area contributed by atoms with E-state index >= 15 is 0 Å². The third kappa shape index (κ3) is 3.71. The van der Waals surface area contributed by atoms with Crippen molar-refractivity contribution in [1.29, 1.82) is 0 Å². The second-order valence-corrected chi connectivity index (χ2v) is 7.05. The summed E-state index contributed by atoms with van der Waals surface area (Å²) in [5.74, 6) is -1.34. The zero-order valence-corrected chi connectivity index (χ0v) is 14.1. The molecule has 23 heavy (non-hydrogen) atoms. The van der Waals surface area contributed by atoms with Gasteiger partial charge in [-0.15, -0.1) is 0 Å². The van der Waals surface area contributed by atoms with Crippen LogP contribution >= 0.6 is 11.6 Å². The minimum atomic E-state index is -4.57. The highest BCUT2D eigenvalue weighted by Crippen LogP contribution is 2.60.